The van der Waals surface area contributed by atoms with E-state index in [2.05, 4.69) is 51.8 Å². The molecule has 0 saturated carbocycles. The van der Waals surface area contributed by atoms with Crippen molar-refractivity contribution in [3.05, 3.63) is 80.6 Å². The van der Waals surface area contributed by atoms with Gasteiger partial charge in [-0.2, -0.15) is 0 Å². The summed E-state index contributed by atoms with van der Waals surface area (Å²) in [4.78, 5) is 46.3. The van der Waals surface area contributed by atoms with Crippen molar-refractivity contribution in [1.29, 1.82) is 0 Å². The van der Waals surface area contributed by atoms with Crippen LogP contribution in [0.3, 0.4) is 0 Å². The first-order chi connectivity index (χ1) is 15.0. The van der Waals surface area contributed by atoms with Gasteiger partial charge in [-0.25, -0.2) is 15.0 Å². The Bertz CT molecular complexity index is 1480. The molecule has 0 amide bonds. The minimum absolute atomic E-state index is 0.0475. The highest BCUT2D eigenvalue weighted by Gasteiger charge is 2.22. The predicted octanol–water partition coefficient (Wildman–Crippen LogP) is 5.16. The van der Waals surface area contributed by atoms with Gasteiger partial charge >= 0.3 is 0 Å². The number of H-pyrrole nitrogens is 1. The highest BCUT2D eigenvalue weighted by Crippen LogP contribution is 2.35. The maximum Gasteiger partial charge on any atom is 0.299 e. The molecule has 0 aliphatic rings. The monoisotopic (exact) mass is 584 g/mol. The van der Waals surface area contributed by atoms with Crippen molar-refractivity contribution in [2.75, 3.05) is 0 Å². The molecule has 11 nitrogen and oxygen atoms in total. The molecule has 1 N–H and O–H groups in total. The molecule has 14 heteroatoms. The van der Waals surface area contributed by atoms with Crippen LogP contribution in [0.4, 0.5) is 11.4 Å². The van der Waals surface area contributed by atoms with E-state index in [9.17, 15) is 25.0 Å². The fourth-order valence-corrected chi connectivity index (χ4v) is 3.94. The number of nitro groups is 2. The molecule has 4 rings (SSSR count). The highest BCUT2D eigenvalue weighted by molar-refractivity contribution is 9.10. The Morgan fingerprint density at radius 2 is 1.41 bits per heavy atom. The third-order valence-electron chi connectivity index (χ3n) is 4.51. The first-order valence-corrected chi connectivity index (χ1v) is 10.6. The molecule has 2 aromatic heterocycles. The quantitative estimate of drug-likeness (QED) is 0.192. The lowest BCUT2D eigenvalue weighted by Crippen LogP contribution is -2.08. The van der Waals surface area contributed by atoms with Crippen LogP contribution in [-0.2, 0) is 0 Å². The Kier molecular flexibility index (Phi) is 6.81. The molecule has 2 heterocycles. The number of aromatic amines is 1. The van der Waals surface area contributed by atoms with Crippen LogP contribution in [0.15, 0.2) is 38.5 Å². The van der Waals surface area contributed by atoms with Crippen molar-refractivity contribution >= 4 is 76.6 Å². The average molecular weight is 587 g/mol. The number of aromatic nitrogens is 4. The first kappa shape index (κ1) is 23.6. The number of halogens is 3. The minimum Gasteiger partial charge on any atom is -0.313 e. The van der Waals surface area contributed by atoms with Crippen LogP contribution in [0.25, 0.3) is 21.8 Å². The maximum atomic E-state index is 11.5. The summed E-state index contributed by atoms with van der Waals surface area (Å²) in [6.07, 6.45) is 2.37. The smallest absolute Gasteiger partial charge is 0.299 e. The van der Waals surface area contributed by atoms with Crippen LogP contribution < -0.4 is 5.56 Å². The molecule has 32 heavy (non-hydrogen) atoms. The fraction of sp³-hybridized carbons (Fsp3) is 0.111. The topological polar surface area (TPSA) is 158 Å². The number of rotatable bonds is 2. The molecule has 0 atom stereocenters. The van der Waals surface area contributed by atoms with Gasteiger partial charge in [-0.15, -0.1) is 0 Å². The maximum absolute atomic E-state index is 11.5. The van der Waals surface area contributed by atoms with Gasteiger partial charge in [0.1, 0.15) is 11.5 Å². The fourth-order valence-electron chi connectivity index (χ4n) is 2.92. The summed E-state index contributed by atoms with van der Waals surface area (Å²) in [7, 11) is 0. The molecule has 0 unspecified atom stereocenters. The third-order valence-corrected chi connectivity index (χ3v) is 6.46. The van der Waals surface area contributed by atoms with E-state index in [0.717, 1.165) is 6.33 Å². The zero-order chi connectivity index (χ0) is 23.7. The second kappa shape index (κ2) is 9.22. The molecule has 0 saturated heterocycles. The van der Waals surface area contributed by atoms with Gasteiger partial charge in [-0.1, -0.05) is 43.5 Å². The van der Waals surface area contributed by atoms with E-state index < -0.39 is 15.4 Å². The van der Waals surface area contributed by atoms with Gasteiger partial charge in [0.15, 0.2) is 11.0 Å². The average Bonchev–Trinajstić information content (AvgIpc) is 2.71. The van der Waals surface area contributed by atoms with Crippen LogP contribution in [0, 0.1) is 34.1 Å². The molecule has 0 spiro atoms. The number of nitro benzene ring substituents is 2. The number of nitrogens with one attached hydrogen (secondary N) is 1. The molecule has 164 valence electrons. The van der Waals surface area contributed by atoms with Crippen LogP contribution >= 0.6 is 43.5 Å². The van der Waals surface area contributed by atoms with E-state index in [0.29, 0.717) is 25.5 Å². The van der Waals surface area contributed by atoms with Crippen molar-refractivity contribution in [1.82, 2.24) is 19.9 Å². The van der Waals surface area contributed by atoms with Gasteiger partial charge in [-0.05, 0) is 26.0 Å². The summed E-state index contributed by atoms with van der Waals surface area (Å²) in [5, 5.41) is 22.8. The lowest BCUT2D eigenvalue weighted by Gasteiger charge is -2.04. The van der Waals surface area contributed by atoms with E-state index in [4.69, 9.17) is 11.6 Å². The van der Waals surface area contributed by atoms with Gasteiger partial charge in [0.25, 0.3) is 16.9 Å². The molecule has 0 aliphatic carbocycles. The second-order valence-electron chi connectivity index (χ2n) is 6.37. The molecular formula is C18H11Br2ClN6O5. The van der Waals surface area contributed by atoms with Crippen molar-refractivity contribution in [2.45, 2.75) is 13.8 Å². The summed E-state index contributed by atoms with van der Waals surface area (Å²) in [5.74, 6) is 0. The number of fused-ring (bicyclic) bond motifs is 2. The van der Waals surface area contributed by atoms with E-state index in [1.165, 1.54) is 12.4 Å². The lowest BCUT2D eigenvalue weighted by molar-refractivity contribution is -0.383. The molecule has 0 bridgehead atoms. The summed E-state index contributed by atoms with van der Waals surface area (Å²) in [6, 6.07) is 3.21. The van der Waals surface area contributed by atoms with Gasteiger partial charge in [0.05, 0.1) is 21.6 Å². The Morgan fingerprint density at radius 1 is 0.906 bits per heavy atom. The largest absolute Gasteiger partial charge is 0.313 e. The van der Waals surface area contributed by atoms with Crippen LogP contribution in [0.5, 0.6) is 0 Å². The van der Waals surface area contributed by atoms with Gasteiger partial charge in [0.2, 0.25) is 0 Å². The molecule has 0 radical (unpaired) electrons. The van der Waals surface area contributed by atoms with Crippen LogP contribution in [-0.4, -0.2) is 29.8 Å². The van der Waals surface area contributed by atoms with Gasteiger partial charge in [-0.3, -0.25) is 25.0 Å². The predicted molar refractivity (Wildman–Crippen MR) is 125 cm³/mol. The summed E-state index contributed by atoms with van der Waals surface area (Å²) < 4.78 is 1.13. The van der Waals surface area contributed by atoms with E-state index in [1.54, 1.807) is 19.9 Å². The van der Waals surface area contributed by atoms with Crippen LogP contribution in [0.2, 0.25) is 5.15 Å². The Balaban J connectivity index is 0.000000181. The highest BCUT2D eigenvalue weighted by atomic mass is 79.9. The summed E-state index contributed by atoms with van der Waals surface area (Å²) in [5.41, 5.74) is 0.751. The third kappa shape index (κ3) is 4.31. The zero-order valence-electron chi connectivity index (χ0n) is 16.2. The molecule has 0 aliphatic heterocycles. The SMILES string of the molecule is Cc1c(Br)cc2c(=O)[nH]cnc2c1[N+](=O)[O-].Cc1c(Br)cc2c(Cl)ncnc2c1[N+](=O)[O-]. The number of hydrogen-bond donors (Lipinski definition) is 1. The molecule has 2 aromatic carbocycles. The van der Waals surface area contributed by atoms with Crippen molar-refractivity contribution in [3.63, 3.8) is 0 Å². The summed E-state index contributed by atoms with van der Waals surface area (Å²) >= 11 is 12.3. The van der Waals surface area contributed by atoms with E-state index >= 15 is 0 Å². The molecule has 0 fully saturated rings. The minimum atomic E-state index is -0.533. The molecular weight excluding hydrogens is 575 g/mol. The van der Waals surface area contributed by atoms with Gasteiger partial charge in [0, 0.05) is 25.5 Å². The Morgan fingerprint density at radius 3 is 1.94 bits per heavy atom. The normalized spacial score (nSPS) is 10.7. The number of hydrogen-bond acceptors (Lipinski definition) is 8. The van der Waals surface area contributed by atoms with E-state index in [1.807, 2.05) is 0 Å². The van der Waals surface area contributed by atoms with Crippen LogP contribution in [0.1, 0.15) is 11.1 Å². The van der Waals surface area contributed by atoms with Crippen molar-refractivity contribution in [3.8, 4) is 0 Å². The van der Waals surface area contributed by atoms with Crippen molar-refractivity contribution < 1.29 is 9.85 Å². The second-order valence-corrected chi connectivity index (χ2v) is 8.43. The summed E-state index contributed by atoms with van der Waals surface area (Å²) in [6.45, 7) is 3.25. The zero-order valence-corrected chi connectivity index (χ0v) is 20.1. The number of benzene rings is 2. The lowest BCUT2D eigenvalue weighted by atomic mass is 10.1. The Hall–Kier alpha value is -3.03. The molecule has 4 aromatic rings. The van der Waals surface area contributed by atoms with Crippen molar-refractivity contribution in [2.24, 2.45) is 0 Å². The number of nitrogens with zero attached hydrogens (tertiary/aromatic N) is 5. The standard InChI is InChI=1S/C9H5BrClN3O2.C9H6BrN3O3/c1-4-6(10)2-5-7(8(4)14(15)16)12-3-13-9(5)11;1-4-6(10)2-5-7(8(4)13(15)16)11-3-12-9(5)14/h2-3H,1H3;2-3H,1H3,(H,11,12,14). The Labute approximate surface area is 200 Å². The van der Waals surface area contributed by atoms with Gasteiger partial charge < -0.3 is 4.98 Å². The van der Waals surface area contributed by atoms with E-state index in [-0.39, 0.29) is 32.9 Å². The first-order valence-electron chi connectivity index (χ1n) is 8.59.